The van der Waals surface area contributed by atoms with Crippen molar-refractivity contribution in [1.29, 1.82) is 0 Å². The minimum Gasteiger partial charge on any atom is -0.442 e. The molecule has 17 heteroatoms. The maximum atomic E-state index is 12.6. The average molecular weight is 1040 g/mol. The van der Waals surface area contributed by atoms with E-state index in [4.69, 9.17) is 37.9 Å². The van der Waals surface area contributed by atoms with Gasteiger partial charge in [0.05, 0.1) is 80.2 Å². The quantitative estimate of drug-likeness (QED) is 0.0712. The Morgan fingerprint density at radius 2 is 1.11 bits per heavy atom. The second kappa shape index (κ2) is 25.6. The molecule has 5 N–H and O–H groups in total. The standard InChI is InChI=1S/C31H48N2O8.C26H41NO6/c1-20(8-11-26-28(35)31(19-38-31)18-30(5,6)41-26)7-10-25-21(2)17-24(23(4)40-25)32-27(34)12-9-22(3)39-29(36)33-13-15-37-16-14-33;1-16(8-11-22-24(30)26(15-31-26)14-25(5,6)33-22)7-10-21-17(2)13-20(19(4)32-21)27-23(29)12-9-18(3)28/h7-9,11-12,21-26,28,35H,10,13-19H2,1-6H3,(H,32,34);7-9,11-12,17-22,24,28,30H,10,13-15H2,1-6H3,(H,27,29)/b11-8+,12-9-,20-7+;11-8+,12-9-,16-7+/t21-,22-,23+,24+,25-,26+,28+,31+;17-,18+,19+,20+,21-,22+,24+,26+/m00/s1. The van der Waals surface area contributed by atoms with Gasteiger partial charge in [0.15, 0.2) is 0 Å². The van der Waals surface area contributed by atoms with Crippen LogP contribution < -0.4 is 10.6 Å². The zero-order valence-electron chi connectivity index (χ0n) is 46.1. The highest BCUT2D eigenvalue weighted by atomic mass is 16.6. The predicted octanol–water partition coefficient (Wildman–Crippen LogP) is 6.10. The fourth-order valence-electron chi connectivity index (χ4n) is 10.8. The van der Waals surface area contributed by atoms with Crippen molar-refractivity contribution >= 4 is 17.9 Å². The summed E-state index contributed by atoms with van der Waals surface area (Å²) >= 11 is 0. The lowest BCUT2D eigenvalue weighted by Crippen LogP contribution is -2.53. The van der Waals surface area contributed by atoms with Crippen molar-refractivity contribution in [3.8, 4) is 0 Å². The van der Waals surface area contributed by atoms with Gasteiger partial charge >= 0.3 is 6.09 Å². The molecule has 7 aliphatic heterocycles. The Kier molecular flexibility index (Phi) is 20.6. The van der Waals surface area contributed by atoms with Crippen LogP contribution in [0, 0.1) is 11.8 Å². The van der Waals surface area contributed by atoms with E-state index in [1.54, 1.807) is 24.8 Å². The van der Waals surface area contributed by atoms with Crippen molar-refractivity contribution in [2.45, 2.75) is 217 Å². The van der Waals surface area contributed by atoms with Crippen molar-refractivity contribution in [2.75, 3.05) is 39.5 Å². The number of morpholine rings is 1. The summed E-state index contributed by atoms with van der Waals surface area (Å²) in [6, 6.07) is -0.169. The first kappa shape index (κ1) is 59.5. The molecule has 0 radical (unpaired) electrons. The van der Waals surface area contributed by atoms with E-state index in [1.165, 1.54) is 18.2 Å². The number of hydrogen-bond donors (Lipinski definition) is 5. The summed E-state index contributed by atoms with van der Waals surface area (Å²) in [5, 5.41) is 36.7. The number of carbonyl (C=O) groups is 3. The number of nitrogens with zero attached hydrogens (tertiary/aromatic N) is 1. The number of hydrogen-bond acceptors (Lipinski definition) is 14. The van der Waals surface area contributed by atoms with Crippen molar-refractivity contribution in [1.82, 2.24) is 15.5 Å². The Bertz CT molecular complexity index is 2080. The molecule has 0 aromatic carbocycles. The van der Waals surface area contributed by atoms with E-state index in [0.29, 0.717) is 52.4 Å². The molecule has 7 rings (SSSR count). The van der Waals surface area contributed by atoms with Crippen molar-refractivity contribution in [3.05, 3.63) is 71.9 Å². The molecule has 7 heterocycles. The minimum absolute atomic E-state index is 0.0373. The number of amides is 3. The zero-order valence-corrected chi connectivity index (χ0v) is 46.1. The lowest BCUT2D eigenvalue weighted by molar-refractivity contribution is -0.171. The summed E-state index contributed by atoms with van der Waals surface area (Å²) in [6.07, 6.45) is 18.7. The van der Waals surface area contributed by atoms with Crippen molar-refractivity contribution in [3.63, 3.8) is 0 Å². The molecule has 416 valence electrons. The van der Waals surface area contributed by atoms with Gasteiger partial charge in [0.2, 0.25) is 11.8 Å². The van der Waals surface area contributed by atoms with E-state index in [0.717, 1.165) is 36.8 Å². The fraction of sp³-hybridized carbons (Fsp3) is 0.737. The number of aliphatic hydroxyl groups excluding tert-OH is 3. The molecule has 0 saturated carbocycles. The van der Waals surface area contributed by atoms with Crippen LogP contribution in [-0.2, 0) is 47.5 Å². The molecule has 0 aromatic rings. The molecule has 7 saturated heterocycles. The second-order valence-corrected chi connectivity index (χ2v) is 23.3. The van der Waals surface area contributed by atoms with Crippen LogP contribution in [0.1, 0.15) is 122 Å². The molecule has 17 nitrogen and oxygen atoms in total. The number of rotatable bonds is 15. The number of aliphatic hydroxyl groups is 3. The lowest BCUT2D eigenvalue weighted by Gasteiger charge is -2.41. The first-order valence-corrected chi connectivity index (χ1v) is 27.0. The first-order valence-electron chi connectivity index (χ1n) is 27.0. The van der Waals surface area contributed by atoms with Gasteiger partial charge in [-0.3, -0.25) is 9.59 Å². The number of allylic oxidation sites excluding steroid dienone is 4. The third-order valence-corrected chi connectivity index (χ3v) is 15.2. The first-order chi connectivity index (χ1) is 34.8. The lowest BCUT2D eigenvalue weighted by atomic mass is 9.83. The number of epoxide rings is 2. The summed E-state index contributed by atoms with van der Waals surface area (Å²) < 4.78 is 46.6. The maximum absolute atomic E-state index is 12.6. The Morgan fingerprint density at radius 3 is 1.51 bits per heavy atom. The molecule has 0 aromatic heterocycles. The summed E-state index contributed by atoms with van der Waals surface area (Å²) in [5.41, 5.74) is 0.561. The third-order valence-electron chi connectivity index (χ3n) is 15.2. The van der Waals surface area contributed by atoms with Crippen LogP contribution in [0.15, 0.2) is 71.9 Å². The second-order valence-electron chi connectivity index (χ2n) is 23.3. The summed E-state index contributed by atoms with van der Waals surface area (Å²) in [6.45, 7) is 27.0. The van der Waals surface area contributed by atoms with Gasteiger partial charge in [0.1, 0.15) is 41.7 Å². The molecular weight excluding hydrogens is 951 g/mol. The van der Waals surface area contributed by atoms with Crippen LogP contribution in [-0.4, -0.2) is 173 Å². The predicted molar refractivity (Wildman–Crippen MR) is 280 cm³/mol. The van der Waals surface area contributed by atoms with Crippen molar-refractivity contribution in [2.24, 2.45) is 11.8 Å². The number of nitrogens with one attached hydrogen (secondary N) is 2. The SMILES string of the molecule is CC(/C=C/[C@H]1OC(C)(C)C[C@@]2(CO2)[C@@H]1O)=C\C[C@@H]1O[C@H](C)[C@H](NC(=O)/C=C\[C@@H](C)O)C[C@@H]1C.CC(/C=C/[C@H]1OC(C)(C)C[C@@]2(CO2)[C@@H]1O)=C\C[C@@H]1O[C@H](C)[C@H](NC(=O)/C=C\[C@H](C)OC(=O)N2CCOCC2)C[C@@H]1C. The van der Waals surface area contributed by atoms with E-state index in [1.807, 2.05) is 79.7 Å². The van der Waals surface area contributed by atoms with Gasteiger partial charge in [-0.05, 0) is 113 Å². The maximum Gasteiger partial charge on any atom is 0.410 e. The highest BCUT2D eigenvalue weighted by molar-refractivity contribution is 5.88. The van der Waals surface area contributed by atoms with Gasteiger partial charge in [0.25, 0.3) is 0 Å². The topological polar surface area (TPSA) is 220 Å². The highest BCUT2D eigenvalue weighted by Gasteiger charge is 2.61. The molecule has 0 unspecified atom stereocenters. The van der Waals surface area contributed by atoms with Crippen LogP contribution in [0.4, 0.5) is 4.79 Å². The zero-order chi connectivity index (χ0) is 54.2. The van der Waals surface area contributed by atoms with Crippen LogP contribution in [0.25, 0.3) is 0 Å². The fourth-order valence-corrected chi connectivity index (χ4v) is 10.8. The molecule has 3 amide bonds. The Labute approximate surface area is 440 Å². The minimum atomic E-state index is -0.669. The smallest absolute Gasteiger partial charge is 0.410 e. The molecule has 0 aliphatic carbocycles. The molecule has 16 atom stereocenters. The van der Waals surface area contributed by atoms with E-state index < -0.39 is 53.9 Å². The van der Waals surface area contributed by atoms with Crippen LogP contribution in [0.3, 0.4) is 0 Å². The van der Waals surface area contributed by atoms with E-state index in [9.17, 15) is 29.7 Å². The third kappa shape index (κ3) is 17.1. The van der Waals surface area contributed by atoms with Gasteiger partial charge in [-0.1, -0.05) is 67.5 Å². The molecular formula is C57H89N3O14. The molecule has 7 fully saturated rings. The summed E-state index contributed by atoms with van der Waals surface area (Å²) in [5.74, 6) is 0.0889. The van der Waals surface area contributed by atoms with Gasteiger partial charge in [0, 0.05) is 38.1 Å². The van der Waals surface area contributed by atoms with Crippen LogP contribution in [0.5, 0.6) is 0 Å². The van der Waals surface area contributed by atoms with E-state index in [-0.39, 0.29) is 71.4 Å². The van der Waals surface area contributed by atoms with Crippen molar-refractivity contribution < 1.29 is 67.6 Å². The summed E-state index contributed by atoms with van der Waals surface area (Å²) in [7, 11) is 0. The Balaban J connectivity index is 0.000000247. The number of carbonyl (C=O) groups excluding carboxylic acids is 3. The molecule has 74 heavy (non-hydrogen) atoms. The van der Waals surface area contributed by atoms with Gasteiger partial charge in [-0.2, -0.15) is 0 Å². The molecule has 2 spiro atoms. The highest BCUT2D eigenvalue weighted by Crippen LogP contribution is 2.47. The molecule has 0 bridgehead atoms. The van der Waals surface area contributed by atoms with Gasteiger partial charge in [-0.15, -0.1) is 0 Å². The monoisotopic (exact) mass is 1040 g/mol. The van der Waals surface area contributed by atoms with E-state index >= 15 is 0 Å². The summed E-state index contributed by atoms with van der Waals surface area (Å²) in [4.78, 5) is 38.5. The number of ether oxygens (including phenoxy) is 8. The Morgan fingerprint density at radius 1 is 0.689 bits per heavy atom. The molecule has 7 aliphatic rings. The normalized spacial score (nSPS) is 38.0. The van der Waals surface area contributed by atoms with Crippen LogP contribution in [0.2, 0.25) is 0 Å². The van der Waals surface area contributed by atoms with Gasteiger partial charge < -0.3 is 68.7 Å². The average Bonchev–Trinajstić information content (AvgIpc) is 4.28. The van der Waals surface area contributed by atoms with E-state index in [2.05, 4.69) is 36.6 Å². The van der Waals surface area contributed by atoms with Crippen LogP contribution >= 0.6 is 0 Å². The van der Waals surface area contributed by atoms with Gasteiger partial charge in [-0.25, -0.2) is 4.79 Å². The Hall–Kier alpha value is -3.75. The largest absolute Gasteiger partial charge is 0.442 e.